The van der Waals surface area contributed by atoms with Crippen LogP contribution in [0.4, 0.5) is 5.69 Å². The Balaban J connectivity index is 2.27. The number of nitrogens with zero attached hydrogens (tertiary/aromatic N) is 2. The van der Waals surface area contributed by atoms with Crippen molar-refractivity contribution >= 4 is 11.6 Å². The maximum atomic E-state index is 12.2. The molecule has 1 aromatic carbocycles. The smallest absolute Gasteiger partial charge is 0.269 e. The second-order valence-corrected chi connectivity index (χ2v) is 4.71. The van der Waals surface area contributed by atoms with Crippen molar-refractivity contribution in [2.45, 2.75) is 18.8 Å². The van der Waals surface area contributed by atoms with E-state index in [1.54, 1.807) is 13.1 Å². The molecule has 0 fully saturated rings. The average Bonchev–Trinajstić information content (AvgIpc) is 2.80. The molecule has 102 valence electrons. The van der Waals surface area contributed by atoms with Gasteiger partial charge in [0.15, 0.2) is 0 Å². The standard InChI is InChI=1S/C13H16N2O4/c1-14(6-7-16)13(17)11-5-3-9-2-4-10(15(18)19)8-12(9)11/h2,4,8,11,16H,3,5-7H2,1H3. The SMILES string of the molecule is CN(CCO)C(=O)C1CCc2ccc([N+](=O)[O-])cc21. The Bertz CT molecular complexity index is 515. The molecule has 19 heavy (non-hydrogen) atoms. The highest BCUT2D eigenvalue weighted by molar-refractivity contribution is 5.85. The Kier molecular flexibility index (Phi) is 3.80. The van der Waals surface area contributed by atoms with Crippen molar-refractivity contribution in [2.75, 3.05) is 20.2 Å². The number of amides is 1. The topological polar surface area (TPSA) is 83.7 Å². The first-order valence-electron chi connectivity index (χ1n) is 6.17. The van der Waals surface area contributed by atoms with E-state index in [-0.39, 0.29) is 30.7 Å². The van der Waals surface area contributed by atoms with Gasteiger partial charge in [-0.25, -0.2) is 0 Å². The van der Waals surface area contributed by atoms with Gasteiger partial charge in [0.05, 0.1) is 17.4 Å². The van der Waals surface area contributed by atoms with Crippen molar-refractivity contribution in [2.24, 2.45) is 0 Å². The predicted octanol–water partition coefficient (Wildman–Crippen LogP) is 1.08. The van der Waals surface area contributed by atoms with Crippen molar-refractivity contribution in [1.82, 2.24) is 4.90 Å². The molecule has 2 rings (SSSR count). The number of carbonyl (C=O) groups is 1. The van der Waals surface area contributed by atoms with Gasteiger partial charge in [-0.05, 0) is 24.0 Å². The lowest BCUT2D eigenvalue weighted by atomic mass is 9.99. The summed E-state index contributed by atoms with van der Waals surface area (Å²) in [5.41, 5.74) is 1.77. The van der Waals surface area contributed by atoms with Crippen LogP contribution in [-0.2, 0) is 11.2 Å². The van der Waals surface area contributed by atoms with Gasteiger partial charge in [0.2, 0.25) is 5.91 Å². The molecule has 1 atom stereocenters. The molecule has 0 saturated carbocycles. The van der Waals surface area contributed by atoms with Crippen LogP contribution in [0.1, 0.15) is 23.5 Å². The van der Waals surface area contributed by atoms with Crippen LogP contribution >= 0.6 is 0 Å². The summed E-state index contributed by atoms with van der Waals surface area (Å²) >= 11 is 0. The number of non-ortho nitro benzene ring substituents is 1. The molecule has 1 aliphatic rings. The molecular formula is C13H16N2O4. The number of carbonyl (C=O) groups excluding carboxylic acids is 1. The monoisotopic (exact) mass is 264 g/mol. The summed E-state index contributed by atoms with van der Waals surface area (Å²) in [5, 5.41) is 19.6. The number of nitro groups is 1. The minimum Gasteiger partial charge on any atom is -0.395 e. The van der Waals surface area contributed by atoms with Gasteiger partial charge in [-0.2, -0.15) is 0 Å². The van der Waals surface area contributed by atoms with Gasteiger partial charge in [-0.3, -0.25) is 14.9 Å². The fraction of sp³-hybridized carbons (Fsp3) is 0.462. The highest BCUT2D eigenvalue weighted by Crippen LogP contribution is 2.36. The van der Waals surface area contributed by atoms with Gasteiger partial charge < -0.3 is 10.0 Å². The number of likely N-dealkylation sites (N-methyl/N-ethyl adjacent to an activating group) is 1. The Hall–Kier alpha value is -1.95. The Morgan fingerprint density at radius 2 is 2.32 bits per heavy atom. The van der Waals surface area contributed by atoms with E-state index in [0.29, 0.717) is 6.42 Å². The molecule has 1 aromatic rings. The number of hydrogen-bond donors (Lipinski definition) is 1. The number of rotatable bonds is 4. The molecule has 1 aliphatic carbocycles. The molecule has 0 aromatic heterocycles. The summed E-state index contributed by atoms with van der Waals surface area (Å²) in [6, 6.07) is 4.70. The minimum absolute atomic E-state index is 0.0169. The molecule has 0 bridgehead atoms. The first-order chi connectivity index (χ1) is 9.04. The Morgan fingerprint density at radius 3 is 2.95 bits per heavy atom. The third-order valence-corrected chi connectivity index (χ3v) is 3.53. The number of benzene rings is 1. The van der Waals surface area contributed by atoms with Gasteiger partial charge in [0, 0.05) is 25.7 Å². The fourth-order valence-corrected chi connectivity index (χ4v) is 2.49. The van der Waals surface area contributed by atoms with Gasteiger partial charge in [-0.1, -0.05) is 6.07 Å². The number of aryl methyl sites for hydroxylation is 1. The van der Waals surface area contributed by atoms with Crippen molar-refractivity contribution in [3.63, 3.8) is 0 Å². The maximum Gasteiger partial charge on any atom is 0.269 e. The van der Waals surface area contributed by atoms with Crippen molar-refractivity contribution in [3.05, 3.63) is 39.4 Å². The first-order valence-corrected chi connectivity index (χ1v) is 6.17. The first kappa shape index (κ1) is 13.5. The molecule has 6 heteroatoms. The van der Waals surface area contributed by atoms with Gasteiger partial charge in [-0.15, -0.1) is 0 Å². The number of hydrogen-bond acceptors (Lipinski definition) is 4. The van der Waals surface area contributed by atoms with E-state index in [4.69, 9.17) is 5.11 Å². The zero-order chi connectivity index (χ0) is 14.0. The fourth-order valence-electron chi connectivity index (χ4n) is 2.49. The molecule has 0 aliphatic heterocycles. The van der Waals surface area contributed by atoms with E-state index in [0.717, 1.165) is 17.5 Å². The minimum atomic E-state index is -0.447. The number of nitro benzene ring substituents is 1. The summed E-state index contributed by atoms with van der Waals surface area (Å²) in [4.78, 5) is 24.0. The van der Waals surface area contributed by atoms with Crippen molar-refractivity contribution < 1.29 is 14.8 Å². The normalized spacial score (nSPS) is 17.1. The van der Waals surface area contributed by atoms with Crippen LogP contribution in [0.25, 0.3) is 0 Å². The number of fused-ring (bicyclic) bond motifs is 1. The van der Waals surface area contributed by atoms with E-state index < -0.39 is 4.92 Å². The Labute approximate surface area is 110 Å². The largest absolute Gasteiger partial charge is 0.395 e. The molecule has 6 nitrogen and oxygen atoms in total. The van der Waals surface area contributed by atoms with E-state index in [9.17, 15) is 14.9 Å². The molecule has 0 heterocycles. The van der Waals surface area contributed by atoms with E-state index >= 15 is 0 Å². The number of aliphatic hydroxyl groups is 1. The van der Waals surface area contributed by atoms with Crippen LogP contribution in [0, 0.1) is 10.1 Å². The average molecular weight is 264 g/mol. The maximum absolute atomic E-state index is 12.2. The lowest BCUT2D eigenvalue weighted by Gasteiger charge is -2.20. The summed E-state index contributed by atoms with van der Waals surface area (Å²) in [6.07, 6.45) is 1.43. The van der Waals surface area contributed by atoms with Gasteiger partial charge in [0.1, 0.15) is 0 Å². The molecule has 1 amide bonds. The number of aliphatic hydroxyl groups excluding tert-OH is 1. The van der Waals surface area contributed by atoms with Crippen LogP contribution < -0.4 is 0 Å². The molecule has 0 spiro atoms. The summed E-state index contributed by atoms with van der Waals surface area (Å²) in [6.45, 7) is 0.191. The molecule has 0 saturated heterocycles. The van der Waals surface area contributed by atoms with Crippen molar-refractivity contribution in [3.8, 4) is 0 Å². The van der Waals surface area contributed by atoms with Crippen LogP contribution in [0.2, 0.25) is 0 Å². The van der Waals surface area contributed by atoms with Crippen LogP contribution in [-0.4, -0.2) is 41.0 Å². The third kappa shape index (κ3) is 2.58. The van der Waals surface area contributed by atoms with Crippen LogP contribution in [0.15, 0.2) is 18.2 Å². The molecule has 0 radical (unpaired) electrons. The molecular weight excluding hydrogens is 248 g/mol. The zero-order valence-corrected chi connectivity index (χ0v) is 10.7. The van der Waals surface area contributed by atoms with E-state index in [1.165, 1.54) is 17.0 Å². The summed E-state index contributed by atoms with van der Waals surface area (Å²) in [5.74, 6) is -0.417. The summed E-state index contributed by atoms with van der Waals surface area (Å²) in [7, 11) is 1.63. The molecule has 1 unspecified atom stereocenters. The third-order valence-electron chi connectivity index (χ3n) is 3.53. The highest BCUT2D eigenvalue weighted by atomic mass is 16.6. The lowest BCUT2D eigenvalue weighted by Crippen LogP contribution is -2.33. The van der Waals surface area contributed by atoms with Crippen LogP contribution in [0.5, 0.6) is 0 Å². The highest BCUT2D eigenvalue weighted by Gasteiger charge is 2.31. The van der Waals surface area contributed by atoms with Gasteiger partial charge >= 0.3 is 0 Å². The zero-order valence-electron chi connectivity index (χ0n) is 10.7. The van der Waals surface area contributed by atoms with Gasteiger partial charge in [0.25, 0.3) is 5.69 Å². The quantitative estimate of drug-likeness (QED) is 0.651. The van der Waals surface area contributed by atoms with Crippen molar-refractivity contribution in [1.29, 1.82) is 0 Å². The summed E-state index contributed by atoms with van der Waals surface area (Å²) < 4.78 is 0. The van der Waals surface area contributed by atoms with E-state index in [1.807, 2.05) is 0 Å². The second kappa shape index (κ2) is 5.36. The second-order valence-electron chi connectivity index (χ2n) is 4.71. The Morgan fingerprint density at radius 1 is 1.58 bits per heavy atom. The molecule has 1 N–H and O–H groups in total. The lowest BCUT2D eigenvalue weighted by molar-refractivity contribution is -0.384. The predicted molar refractivity (Wildman–Crippen MR) is 68.9 cm³/mol. The van der Waals surface area contributed by atoms with Crippen LogP contribution in [0.3, 0.4) is 0 Å². The van der Waals surface area contributed by atoms with E-state index in [2.05, 4.69) is 0 Å².